The number of likely N-dealkylation sites (N-methyl/N-ethyl adjacent to an activating group) is 1. The van der Waals surface area contributed by atoms with Crippen LogP contribution in [0.1, 0.15) is 25.1 Å². The molecule has 10 nitrogen and oxygen atoms in total. The zero-order valence-electron chi connectivity index (χ0n) is 23.8. The van der Waals surface area contributed by atoms with Crippen molar-refractivity contribution in [2.24, 2.45) is 0 Å². The summed E-state index contributed by atoms with van der Waals surface area (Å²) in [5.41, 5.74) is 2.41. The SMILES string of the molecule is CC[C@H]1OC(O)[C@H](NS(=O)(=O)/C(C#N)=C(\C)c2ccc(-c3ccc4cc(N5CCN(C)CC5)ccc4c3)s2)[C@@H](O)[C@@H]1O. The number of allylic oxidation sites excluding steroid dienone is 2. The van der Waals surface area contributed by atoms with Crippen molar-refractivity contribution in [2.75, 3.05) is 38.1 Å². The molecule has 2 aliphatic heterocycles. The number of piperazine rings is 1. The molecule has 3 heterocycles. The van der Waals surface area contributed by atoms with Crippen molar-refractivity contribution in [3.63, 3.8) is 0 Å². The van der Waals surface area contributed by atoms with Gasteiger partial charge in [-0.3, -0.25) is 0 Å². The van der Waals surface area contributed by atoms with Crippen LogP contribution in [0.2, 0.25) is 0 Å². The lowest BCUT2D eigenvalue weighted by molar-refractivity contribution is -0.244. The second-order valence-electron chi connectivity index (χ2n) is 10.9. The van der Waals surface area contributed by atoms with E-state index in [1.165, 1.54) is 17.0 Å². The summed E-state index contributed by atoms with van der Waals surface area (Å²) in [7, 11) is -2.34. The van der Waals surface area contributed by atoms with Crippen molar-refractivity contribution in [2.45, 2.75) is 50.9 Å². The molecule has 12 heteroatoms. The van der Waals surface area contributed by atoms with Gasteiger partial charge in [-0.25, -0.2) is 8.42 Å². The first kappa shape index (κ1) is 30.6. The minimum Gasteiger partial charge on any atom is -0.388 e. The molecule has 0 bridgehead atoms. The molecule has 0 radical (unpaired) electrons. The average molecular weight is 613 g/mol. The standard InChI is InChI=1S/C30H36N4O6S2/c1-4-23-28(35)29(36)27(30(37)40-23)32-42(38,39)26(17-31)18(2)24-9-10-25(41-24)21-6-5-20-16-22(8-7-19(20)15-21)34-13-11-33(3)12-14-34/h5-10,15-16,23,27-30,32,35-37H,4,11-14H2,1-3H3/b26-18+/t23-,27-,28-,29-,30?/m1/s1. The van der Waals surface area contributed by atoms with Crippen LogP contribution >= 0.6 is 11.3 Å². The van der Waals surface area contributed by atoms with Gasteiger partial charge in [0.1, 0.15) is 24.3 Å². The normalized spacial score (nSPS) is 26.2. The molecule has 2 saturated heterocycles. The van der Waals surface area contributed by atoms with E-state index >= 15 is 0 Å². The number of aliphatic hydroxyl groups is 3. The molecule has 2 fully saturated rings. The van der Waals surface area contributed by atoms with Crippen LogP contribution in [0, 0.1) is 11.3 Å². The fourth-order valence-corrected chi connectivity index (χ4v) is 7.89. The van der Waals surface area contributed by atoms with Crippen LogP contribution in [0.5, 0.6) is 0 Å². The van der Waals surface area contributed by atoms with Crippen LogP contribution in [-0.4, -0.2) is 92.5 Å². The van der Waals surface area contributed by atoms with Crippen molar-refractivity contribution >= 4 is 43.4 Å². The molecule has 4 N–H and O–H groups in total. The summed E-state index contributed by atoms with van der Waals surface area (Å²) in [5, 5.41) is 43.1. The summed E-state index contributed by atoms with van der Waals surface area (Å²) in [6.45, 7) is 7.32. The first-order chi connectivity index (χ1) is 20.0. The molecule has 5 rings (SSSR count). The molecule has 5 atom stereocenters. The van der Waals surface area contributed by atoms with E-state index in [4.69, 9.17) is 4.74 Å². The van der Waals surface area contributed by atoms with Gasteiger partial charge in [0.15, 0.2) is 11.2 Å². The number of aliphatic hydroxyl groups excluding tert-OH is 3. The molecule has 0 amide bonds. The number of nitrogens with zero attached hydrogens (tertiary/aromatic N) is 3. The highest BCUT2D eigenvalue weighted by atomic mass is 32.2. The number of rotatable bonds is 7. The van der Waals surface area contributed by atoms with E-state index < -0.39 is 45.6 Å². The Labute approximate surface area is 250 Å². The summed E-state index contributed by atoms with van der Waals surface area (Å²) in [4.78, 5) is 5.68. The molecule has 42 heavy (non-hydrogen) atoms. The van der Waals surface area contributed by atoms with E-state index in [1.54, 1.807) is 26.0 Å². The van der Waals surface area contributed by atoms with Gasteiger partial charge >= 0.3 is 0 Å². The second kappa shape index (κ2) is 12.4. The Morgan fingerprint density at radius 2 is 1.74 bits per heavy atom. The van der Waals surface area contributed by atoms with Crippen LogP contribution in [-0.2, 0) is 14.8 Å². The molecule has 224 valence electrons. The summed E-state index contributed by atoms with van der Waals surface area (Å²) in [5.74, 6) is 0. The van der Waals surface area contributed by atoms with Crippen LogP contribution in [0.15, 0.2) is 53.4 Å². The number of anilines is 1. The highest BCUT2D eigenvalue weighted by Gasteiger charge is 2.45. The lowest BCUT2D eigenvalue weighted by Gasteiger charge is -2.40. The van der Waals surface area contributed by atoms with Crippen molar-refractivity contribution in [1.82, 2.24) is 9.62 Å². The molecule has 1 unspecified atom stereocenters. The Morgan fingerprint density at radius 1 is 1.05 bits per heavy atom. The number of hydrogen-bond acceptors (Lipinski definition) is 10. The first-order valence-electron chi connectivity index (χ1n) is 13.9. The van der Waals surface area contributed by atoms with Gasteiger partial charge in [-0.15, -0.1) is 11.3 Å². The number of fused-ring (bicyclic) bond motifs is 1. The van der Waals surface area contributed by atoms with Gasteiger partial charge in [0.25, 0.3) is 10.0 Å². The van der Waals surface area contributed by atoms with Crippen molar-refractivity contribution in [1.29, 1.82) is 5.26 Å². The van der Waals surface area contributed by atoms with Crippen molar-refractivity contribution in [3.8, 4) is 16.5 Å². The number of hydrogen-bond donors (Lipinski definition) is 4. The summed E-state index contributed by atoms with van der Waals surface area (Å²) in [6.07, 6.45) is -5.24. The average Bonchev–Trinajstić information content (AvgIpc) is 3.48. The summed E-state index contributed by atoms with van der Waals surface area (Å²) >= 11 is 1.36. The second-order valence-corrected chi connectivity index (χ2v) is 13.6. The molecule has 2 aliphatic rings. The van der Waals surface area contributed by atoms with E-state index in [0.717, 1.165) is 47.4 Å². The Kier molecular flexibility index (Phi) is 9.03. The summed E-state index contributed by atoms with van der Waals surface area (Å²) < 4.78 is 33.9. The maximum Gasteiger partial charge on any atom is 0.251 e. The van der Waals surface area contributed by atoms with Gasteiger partial charge in [-0.2, -0.15) is 9.98 Å². The Morgan fingerprint density at radius 3 is 2.43 bits per heavy atom. The van der Waals surface area contributed by atoms with Crippen molar-refractivity contribution < 1.29 is 28.5 Å². The third-order valence-corrected chi connectivity index (χ3v) is 10.8. The van der Waals surface area contributed by atoms with Gasteiger partial charge in [0, 0.05) is 41.6 Å². The molecule has 3 aromatic rings. The van der Waals surface area contributed by atoms with E-state index in [0.29, 0.717) is 11.3 Å². The molecular formula is C30H36N4O6S2. The first-order valence-corrected chi connectivity index (χ1v) is 16.2. The van der Waals surface area contributed by atoms with E-state index in [2.05, 4.69) is 51.9 Å². The Balaban J connectivity index is 1.37. The van der Waals surface area contributed by atoms with Crippen LogP contribution in [0.4, 0.5) is 5.69 Å². The predicted octanol–water partition coefficient (Wildman–Crippen LogP) is 2.71. The Hall–Kier alpha value is -2.86. The van der Waals surface area contributed by atoms with E-state index in [-0.39, 0.29) is 5.57 Å². The fourth-order valence-electron chi connectivity index (χ4n) is 5.45. The zero-order chi connectivity index (χ0) is 30.2. The number of benzene rings is 2. The van der Waals surface area contributed by atoms with Crippen LogP contribution in [0.25, 0.3) is 26.8 Å². The molecule has 0 aliphatic carbocycles. The minimum absolute atomic E-state index is 0.228. The van der Waals surface area contributed by atoms with E-state index in [1.807, 2.05) is 12.1 Å². The molecule has 0 saturated carbocycles. The zero-order valence-corrected chi connectivity index (χ0v) is 25.4. The van der Waals surface area contributed by atoms with Gasteiger partial charge in [-0.1, -0.05) is 25.1 Å². The third kappa shape index (κ3) is 6.10. The lowest BCUT2D eigenvalue weighted by atomic mass is 9.96. The molecular weight excluding hydrogens is 576 g/mol. The van der Waals surface area contributed by atoms with Crippen molar-refractivity contribution in [3.05, 3.63) is 58.3 Å². The van der Waals surface area contributed by atoms with Gasteiger partial charge in [0.05, 0.1) is 6.10 Å². The smallest absolute Gasteiger partial charge is 0.251 e. The topological polar surface area (TPSA) is 146 Å². The lowest BCUT2D eigenvalue weighted by Crippen LogP contribution is -2.63. The van der Waals surface area contributed by atoms with Gasteiger partial charge < -0.3 is 29.9 Å². The highest BCUT2D eigenvalue weighted by Crippen LogP contribution is 2.36. The number of ether oxygens (including phenoxy) is 1. The number of thiophene rings is 1. The number of sulfonamides is 1. The molecule has 2 aromatic carbocycles. The Bertz CT molecular complexity index is 1620. The predicted molar refractivity (Wildman–Crippen MR) is 164 cm³/mol. The number of nitrogens with one attached hydrogen (secondary N) is 1. The summed E-state index contributed by atoms with van der Waals surface area (Å²) in [6, 6.07) is 16.6. The van der Waals surface area contributed by atoms with Gasteiger partial charge in [0.2, 0.25) is 0 Å². The largest absolute Gasteiger partial charge is 0.388 e. The van der Waals surface area contributed by atoms with Crippen LogP contribution in [0.3, 0.4) is 0 Å². The third-order valence-electron chi connectivity index (χ3n) is 8.08. The maximum absolute atomic E-state index is 13.2. The highest BCUT2D eigenvalue weighted by molar-refractivity contribution is 7.93. The monoisotopic (exact) mass is 612 g/mol. The maximum atomic E-state index is 13.2. The van der Waals surface area contributed by atoms with Gasteiger partial charge in [-0.05, 0) is 72.6 Å². The molecule has 1 aromatic heterocycles. The minimum atomic E-state index is -4.48. The quantitative estimate of drug-likeness (QED) is 0.296. The van der Waals surface area contributed by atoms with E-state index in [9.17, 15) is 29.0 Å². The molecule has 0 spiro atoms. The van der Waals surface area contributed by atoms with Crippen LogP contribution < -0.4 is 9.62 Å². The number of nitriles is 1. The fraction of sp³-hybridized carbons (Fsp3) is 0.433.